The van der Waals surface area contributed by atoms with E-state index in [1.165, 1.54) is 5.69 Å². The minimum absolute atomic E-state index is 0.0785. The molecule has 3 heterocycles. The highest BCUT2D eigenvalue weighted by molar-refractivity contribution is 6.30. The van der Waals surface area contributed by atoms with Crippen molar-refractivity contribution in [3.63, 3.8) is 0 Å². The van der Waals surface area contributed by atoms with E-state index in [1.807, 2.05) is 55.1 Å². The van der Waals surface area contributed by atoms with E-state index in [-0.39, 0.29) is 11.9 Å². The van der Waals surface area contributed by atoms with Crippen molar-refractivity contribution in [2.24, 2.45) is 0 Å². The van der Waals surface area contributed by atoms with Gasteiger partial charge in [0.2, 0.25) is 0 Å². The Morgan fingerprint density at radius 1 is 1.23 bits per heavy atom. The van der Waals surface area contributed by atoms with Gasteiger partial charge in [-0.25, -0.2) is 9.50 Å². The van der Waals surface area contributed by atoms with Gasteiger partial charge in [0.05, 0.1) is 25.0 Å². The van der Waals surface area contributed by atoms with Crippen molar-refractivity contribution in [2.45, 2.75) is 45.7 Å². The van der Waals surface area contributed by atoms with Crippen LogP contribution in [-0.4, -0.2) is 30.3 Å². The van der Waals surface area contributed by atoms with Gasteiger partial charge in [-0.3, -0.25) is 9.48 Å². The van der Waals surface area contributed by atoms with Gasteiger partial charge in [-0.05, 0) is 56.9 Å². The second-order valence-electron chi connectivity index (χ2n) is 8.09. The number of carbonyl (C=O) groups is 1. The van der Waals surface area contributed by atoms with Crippen molar-refractivity contribution < 1.29 is 4.79 Å². The third-order valence-corrected chi connectivity index (χ3v) is 6.05. The van der Waals surface area contributed by atoms with Gasteiger partial charge in [-0.1, -0.05) is 23.7 Å². The van der Waals surface area contributed by atoms with E-state index in [4.69, 9.17) is 11.6 Å². The fourth-order valence-corrected chi connectivity index (χ4v) is 4.59. The molecule has 0 saturated carbocycles. The van der Waals surface area contributed by atoms with Crippen molar-refractivity contribution in [1.29, 1.82) is 0 Å². The number of hydrogen-bond acceptors (Lipinski definition) is 4. The maximum Gasteiger partial charge on any atom is 0.257 e. The summed E-state index contributed by atoms with van der Waals surface area (Å²) in [6.07, 6.45) is 6.29. The Morgan fingerprint density at radius 3 is 2.94 bits per heavy atom. The van der Waals surface area contributed by atoms with Crippen molar-refractivity contribution in [2.75, 3.05) is 0 Å². The predicted molar refractivity (Wildman–Crippen MR) is 118 cm³/mol. The molecule has 0 bridgehead atoms. The van der Waals surface area contributed by atoms with Gasteiger partial charge in [0.25, 0.3) is 5.91 Å². The van der Waals surface area contributed by atoms with Crippen LogP contribution in [0.25, 0.3) is 5.65 Å². The second-order valence-corrected chi connectivity index (χ2v) is 8.52. The molecule has 158 valence electrons. The largest absolute Gasteiger partial charge is 0.345 e. The molecule has 3 aromatic heterocycles. The molecule has 7 nitrogen and oxygen atoms in total. The molecule has 0 spiro atoms. The summed E-state index contributed by atoms with van der Waals surface area (Å²) in [4.78, 5) is 17.6. The summed E-state index contributed by atoms with van der Waals surface area (Å²) in [6, 6.07) is 9.69. The van der Waals surface area contributed by atoms with Crippen LogP contribution in [0, 0.1) is 13.8 Å². The minimum Gasteiger partial charge on any atom is -0.345 e. The molecule has 0 aliphatic heterocycles. The van der Waals surface area contributed by atoms with Gasteiger partial charge in [-0.2, -0.15) is 10.2 Å². The normalized spacial score (nSPS) is 15.8. The van der Waals surface area contributed by atoms with Crippen LogP contribution in [0.4, 0.5) is 0 Å². The quantitative estimate of drug-likeness (QED) is 0.525. The van der Waals surface area contributed by atoms with Crippen molar-refractivity contribution in [3.8, 4) is 0 Å². The van der Waals surface area contributed by atoms with Crippen LogP contribution in [0.5, 0.6) is 0 Å². The molecule has 31 heavy (non-hydrogen) atoms. The molecule has 4 aromatic rings. The van der Waals surface area contributed by atoms with Crippen LogP contribution in [0.3, 0.4) is 0 Å². The summed E-state index contributed by atoms with van der Waals surface area (Å²) in [6.45, 7) is 4.54. The Morgan fingerprint density at radius 2 is 2.10 bits per heavy atom. The van der Waals surface area contributed by atoms with Gasteiger partial charge < -0.3 is 5.32 Å². The van der Waals surface area contributed by atoms with Gasteiger partial charge in [-0.15, -0.1) is 0 Å². The lowest BCUT2D eigenvalue weighted by atomic mass is 9.92. The predicted octanol–water partition coefficient (Wildman–Crippen LogP) is 4.05. The van der Waals surface area contributed by atoms with Gasteiger partial charge >= 0.3 is 0 Å². The van der Waals surface area contributed by atoms with Crippen LogP contribution in [0.1, 0.15) is 57.5 Å². The average molecular weight is 435 g/mol. The van der Waals surface area contributed by atoms with Crippen LogP contribution in [0.15, 0.2) is 42.7 Å². The van der Waals surface area contributed by atoms with E-state index in [9.17, 15) is 4.79 Å². The molecule has 1 aliphatic carbocycles. The van der Waals surface area contributed by atoms with Crippen LogP contribution in [0.2, 0.25) is 5.02 Å². The lowest BCUT2D eigenvalue weighted by Crippen LogP contribution is -2.31. The van der Waals surface area contributed by atoms with Crippen LogP contribution >= 0.6 is 11.6 Å². The zero-order valence-electron chi connectivity index (χ0n) is 17.5. The number of nitrogens with one attached hydrogen (secondary N) is 1. The highest BCUT2D eigenvalue weighted by Gasteiger charge is 2.27. The van der Waals surface area contributed by atoms with Crippen molar-refractivity contribution >= 4 is 23.2 Å². The Hall–Kier alpha value is -3.19. The number of carbonyl (C=O) groups excluding carboxylic acids is 1. The van der Waals surface area contributed by atoms with E-state index in [0.29, 0.717) is 17.8 Å². The number of nitrogens with zero attached hydrogens (tertiary/aromatic N) is 5. The number of benzene rings is 1. The molecule has 0 fully saturated rings. The van der Waals surface area contributed by atoms with Gasteiger partial charge in [0.1, 0.15) is 5.56 Å². The van der Waals surface area contributed by atoms with Gasteiger partial charge in [0, 0.05) is 27.7 Å². The first-order valence-corrected chi connectivity index (χ1v) is 10.8. The van der Waals surface area contributed by atoms with E-state index in [1.54, 1.807) is 10.7 Å². The number of amides is 1. The molecule has 5 rings (SSSR count). The van der Waals surface area contributed by atoms with Crippen molar-refractivity contribution in [3.05, 3.63) is 81.5 Å². The Labute approximate surface area is 185 Å². The smallest absolute Gasteiger partial charge is 0.257 e. The molecule has 1 aromatic carbocycles. The summed E-state index contributed by atoms with van der Waals surface area (Å²) in [5.41, 5.74) is 6.24. The van der Waals surface area contributed by atoms with E-state index >= 15 is 0 Å². The number of fused-ring (bicyclic) bond motifs is 2. The zero-order valence-corrected chi connectivity index (χ0v) is 18.2. The first kappa shape index (κ1) is 19.8. The molecule has 1 N–H and O–H groups in total. The van der Waals surface area contributed by atoms with Crippen molar-refractivity contribution in [1.82, 2.24) is 29.7 Å². The summed E-state index contributed by atoms with van der Waals surface area (Å²) >= 11 is 6.13. The fourth-order valence-electron chi connectivity index (χ4n) is 4.38. The first-order valence-electron chi connectivity index (χ1n) is 10.4. The third kappa shape index (κ3) is 3.70. The molecule has 1 aliphatic rings. The topological polar surface area (TPSA) is 77.1 Å². The fraction of sp³-hybridized carbons (Fsp3) is 0.304. The Balaban J connectivity index is 1.40. The number of hydrogen-bond donors (Lipinski definition) is 1. The Bertz CT molecular complexity index is 1290. The molecular formula is C23H23ClN6O. The minimum atomic E-state index is -0.159. The maximum absolute atomic E-state index is 13.1. The monoisotopic (exact) mass is 434 g/mol. The standard InChI is InChI=1S/C23H23ClN6O/c1-14-9-15(2)30-22(27-14)19(12-26-30)23(31)28-20-7-4-8-21-18(20)11-25-29(21)13-16-5-3-6-17(24)10-16/h3,5-6,9-12,20H,4,7-8,13H2,1-2H3,(H,28,31)/t20-/m1/s1. The second kappa shape index (κ2) is 7.81. The van der Waals surface area contributed by atoms with Crippen LogP contribution < -0.4 is 5.32 Å². The lowest BCUT2D eigenvalue weighted by molar-refractivity contribution is 0.0934. The van der Waals surface area contributed by atoms with E-state index < -0.39 is 0 Å². The maximum atomic E-state index is 13.1. The molecule has 0 radical (unpaired) electrons. The number of aromatic nitrogens is 5. The zero-order chi connectivity index (χ0) is 21.5. The summed E-state index contributed by atoms with van der Waals surface area (Å²) in [5.74, 6) is -0.159. The summed E-state index contributed by atoms with van der Waals surface area (Å²) < 4.78 is 3.72. The number of halogens is 1. The molecule has 8 heteroatoms. The number of rotatable bonds is 4. The first-order chi connectivity index (χ1) is 15.0. The van der Waals surface area contributed by atoms with E-state index in [2.05, 4.69) is 20.5 Å². The van der Waals surface area contributed by atoms with Gasteiger partial charge in [0.15, 0.2) is 5.65 Å². The lowest BCUT2D eigenvalue weighted by Gasteiger charge is -2.24. The molecular weight excluding hydrogens is 412 g/mol. The third-order valence-electron chi connectivity index (χ3n) is 5.81. The molecule has 1 atom stereocenters. The molecule has 0 unspecified atom stereocenters. The highest BCUT2D eigenvalue weighted by Crippen LogP contribution is 2.30. The summed E-state index contributed by atoms with van der Waals surface area (Å²) in [7, 11) is 0. The number of aryl methyl sites for hydroxylation is 2. The highest BCUT2D eigenvalue weighted by atomic mass is 35.5. The van der Waals surface area contributed by atoms with E-state index in [0.717, 1.165) is 46.8 Å². The summed E-state index contributed by atoms with van der Waals surface area (Å²) in [5, 5.41) is 12.9. The SMILES string of the molecule is Cc1cc(C)n2ncc(C(=O)N[C@@H]3CCCc4c3cnn4Cc3cccc(Cl)c3)c2n1. The molecule has 0 saturated heterocycles. The molecule has 1 amide bonds. The Kier molecular flexibility index (Phi) is 4.98. The van der Waals surface area contributed by atoms with Crippen LogP contribution in [-0.2, 0) is 13.0 Å². The average Bonchev–Trinajstić information content (AvgIpc) is 3.33.